The third kappa shape index (κ3) is 4.95. The Bertz CT molecular complexity index is 483. The highest BCUT2D eigenvalue weighted by Crippen LogP contribution is 2.41. The summed E-state index contributed by atoms with van der Waals surface area (Å²) >= 11 is 0. The molecule has 22 heavy (non-hydrogen) atoms. The molecule has 1 aromatic carbocycles. The Morgan fingerprint density at radius 1 is 1.18 bits per heavy atom. The Balaban J connectivity index is 0.00000220. The van der Waals surface area contributed by atoms with Crippen LogP contribution in [0.25, 0.3) is 0 Å². The summed E-state index contributed by atoms with van der Waals surface area (Å²) in [6, 6.07) is 2.40. The van der Waals surface area contributed by atoms with Crippen LogP contribution in [0.3, 0.4) is 0 Å². The van der Waals surface area contributed by atoms with Crippen molar-refractivity contribution < 1.29 is 15.3 Å². The Morgan fingerprint density at radius 2 is 1.68 bits per heavy atom. The van der Waals surface area contributed by atoms with Gasteiger partial charge < -0.3 is 20.6 Å². The van der Waals surface area contributed by atoms with Crippen LogP contribution in [0.15, 0.2) is 24.3 Å². The van der Waals surface area contributed by atoms with Crippen LogP contribution in [-0.4, -0.2) is 46.4 Å². The highest BCUT2D eigenvalue weighted by Gasteiger charge is 2.27. The van der Waals surface area contributed by atoms with Gasteiger partial charge in [0, 0.05) is 44.4 Å². The second-order valence-corrected chi connectivity index (χ2v) is 5.36. The summed E-state index contributed by atoms with van der Waals surface area (Å²) in [6.45, 7) is 9.32. The molecule has 0 spiro atoms. The lowest BCUT2D eigenvalue weighted by atomic mass is 9.96. The van der Waals surface area contributed by atoms with Crippen molar-refractivity contribution in [1.29, 1.82) is 0 Å². The molecule has 7 heteroatoms. The zero-order valence-electron chi connectivity index (χ0n) is 12.6. The Kier molecular flexibility index (Phi) is 8.63. The topological polar surface area (TPSA) is 76.0 Å². The first-order chi connectivity index (χ1) is 9.49. The lowest BCUT2D eigenvalue weighted by molar-refractivity contribution is 0.167. The number of halogens is 2. The van der Waals surface area contributed by atoms with Crippen molar-refractivity contribution in [2.24, 2.45) is 0 Å². The third-order valence-electron chi connectivity index (χ3n) is 3.59. The zero-order valence-corrected chi connectivity index (χ0v) is 14.2. The van der Waals surface area contributed by atoms with Crippen LogP contribution in [0, 0.1) is 0 Å². The standard InChI is InChI=1S/C15H22N2O3.2ClH/c1-10(2)7-12(17-5-3-16-4-6-17)15-13(19)8-11(18)9-14(15)20;;/h8-9,12,16,18-20H,1,3-7H2,2H3;2*1H/t12-;;/m0../s1. The number of phenolic OH excluding ortho intramolecular Hbond substituents is 3. The van der Waals surface area contributed by atoms with Crippen LogP contribution >= 0.6 is 24.8 Å². The number of piperazine rings is 1. The molecule has 1 heterocycles. The molecule has 0 bridgehead atoms. The average Bonchev–Trinajstić information content (AvgIpc) is 2.37. The molecule has 1 aliphatic heterocycles. The number of nitrogens with zero attached hydrogens (tertiary/aromatic N) is 1. The summed E-state index contributed by atoms with van der Waals surface area (Å²) in [5, 5.41) is 32.9. The quantitative estimate of drug-likeness (QED) is 0.628. The third-order valence-corrected chi connectivity index (χ3v) is 3.59. The SMILES string of the molecule is C=C(C)C[C@@H](c1c(O)cc(O)cc1O)N1CCNCC1.Cl.Cl. The van der Waals surface area contributed by atoms with Crippen molar-refractivity contribution in [3.05, 3.63) is 29.8 Å². The van der Waals surface area contributed by atoms with Crippen molar-refractivity contribution in [3.63, 3.8) is 0 Å². The number of nitrogens with one attached hydrogen (secondary N) is 1. The molecule has 2 rings (SSSR count). The fraction of sp³-hybridized carbons (Fsp3) is 0.467. The van der Waals surface area contributed by atoms with E-state index in [1.807, 2.05) is 6.92 Å². The fourth-order valence-corrected chi connectivity index (χ4v) is 2.69. The maximum Gasteiger partial charge on any atom is 0.127 e. The van der Waals surface area contributed by atoms with Gasteiger partial charge in [-0.05, 0) is 13.3 Å². The van der Waals surface area contributed by atoms with Gasteiger partial charge in [-0.3, -0.25) is 4.90 Å². The second kappa shape index (κ2) is 9.10. The summed E-state index contributed by atoms with van der Waals surface area (Å²) < 4.78 is 0. The minimum atomic E-state index is -0.141. The van der Waals surface area contributed by atoms with Gasteiger partial charge in [-0.15, -0.1) is 31.4 Å². The molecule has 0 aromatic heterocycles. The zero-order chi connectivity index (χ0) is 14.7. The molecule has 1 aromatic rings. The number of hydrogen-bond acceptors (Lipinski definition) is 5. The Morgan fingerprint density at radius 3 is 2.14 bits per heavy atom. The first kappa shape index (κ1) is 20.9. The van der Waals surface area contributed by atoms with Gasteiger partial charge in [0.05, 0.1) is 5.56 Å². The van der Waals surface area contributed by atoms with Crippen molar-refractivity contribution in [1.82, 2.24) is 10.2 Å². The number of phenols is 3. The van der Waals surface area contributed by atoms with E-state index in [-0.39, 0.29) is 48.1 Å². The van der Waals surface area contributed by atoms with Gasteiger partial charge in [0.1, 0.15) is 17.2 Å². The van der Waals surface area contributed by atoms with Crippen LogP contribution in [-0.2, 0) is 0 Å². The molecule has 0 radical (unpaired) electrons. The molecule has 5 nitrogen and oxygen atoms in total. The predicted molar refractivity (Wildman–Crippen MR) is 92.5 cm³/mol. The van der Waals surface area contributed by atoms with Crippen LogP contribution in [0.1, 0.15) is 24.9 Å². The number of aromatic hydroxyl groups is 3. The van der Waals surface area contributed by atoms with E-state index in [1.165, 1.54) is 12.1 Å². The lowest BCUT2D eigenvalue weighted by Crippen LogP contribution is -2.45. The summed E-state index contributed by atoms with van der Waals surface area (Å²) in [7, 11) is 0. The summed E-state index contributed by atoms with van der Waals surface area (Å²) in [5.74, 6) is -0.294. The van der Waals surface area contributed by atoms with Gasteiger partial charge in [-0.25, -0.2) is 0 Å². The lowest BCUT2D eigenvalue weighted by Gasteiger charge is -2.36. The van der Waals surface area contributed by atoms with Gasteiger partial charge in [0.25, 0.3) is 0 Å². The van der Waals surface area contributed by atoms with Crippen molar-refractivity contribution >= 4 is 24.8 Å². The van der Waals surface area contributed by atoms with Crippen molar-refractivity contribution in [3.8, 4) is 17.2 Å². The molecule has 1 atom stereocenters. The normalized spacial score (nSPS) is 16.2. The van der Waals surface area contributed by atoms with E-state index < -0.39 is 0 Å². The van der Waals surface area contributed by atoms with Crippen LogP contribution in [0.5, 0.6) is 17.2 Å². The van der Waals surface area contributed by atoms with Gasteiger partial charge >= 0.3 is 0 Å². The number of benzene rings is 1. The molecule has 1 aliphatic rings. The van der Waals surface area contributed by atoms with Crippen molar-refractivity contribution in [2.45, 2.75) is 19.4 Å². The van der Waals surface area contributed by atoms with E-state index in [1.54, 1.807) is 0 Å². The smallest absolute Gasteiger partial charge is 0.127 e. The molecule has 1 fully saturated rings. The van der Waals surface area contributed by atoms with Crippen LogP contribution in [0.4, 0.5) is 0 Å². The van der Waals surface area contributed by atoms with E-state index >= 15 is 0 Å². The van der Waals surface area contributed by atoms with Crippen molar-refractivity contribution in [2.75, 3.05) is 26.2 Å². The molecule has 0 amide bonds. The summed E-state index contributed by atoms with van der Waals surface area (Å²) in [4.78, 5) is 2.22. The fourth-order valence-electron chi connectivity index (χ4n) is 2.69. The highest BCUT2D eigenvalue weighted by molar-refractivity contribution is 5.85. The van der Waals surface area contributed by atoms with Gasteiger partial charge in [-0.1, -0.05) is 5.57 Å². The van der Waals surface area contributed by atoms with E-state index in [9.17, 15) is 15.3 Å². The minimum Gasteiger partial charge on any atom is -0.508 e. The first-order valence-electron chi connectivity index (χ1n) is 6.83. The molecule has 0 unspecified atom stereocenters. The van der Waals surface area contributed by atoms with Gasteiger partial charge in [0.15, 0.2) is 0 Å². The van der Waals surface area contributed by atoms with E-state index in [0.29, 0.717) is 12.0 Å². The Labute approximate surface area is 143 Å². The highest BCUT2D eigenvalue weighted by atomic mass is 35.5. The predicted octanol–water partition coefficient (Wildman–Crippen LogP) is 2.56. The van der Waals surface area contributed by atoms with Gasteiger partial charge in [-0.2, -0.15) is 0 Å². The van der Waals surface area contributed by atoms with E-state index in [4.69, 9.17) is 0 Å². The molecule has 126 valence electrons. The summed E-state index contributed by atoms with van der Waals surface area (Å²) in [6.07, 6.45) is 0.659. The largest absolute Gasteiger partial charge is 0.508 e. The monoisotopic (exact) mass is 350 g/mol. The average molecular weight is 351 g/mol. The minimum absolute atomic E-state index is 0. The Hall–Kier alpha value is -1.14. The molecule has 1 saturated heterocycles. The second-order valence-electron chi connectivity index (χ2n) is 5.36. The van der Waals surface area contributed by atoms with E-state index in [2.05, 4.69) is 16.8 Å². The van der Waals surface area contributed by atoms with Gasteiger partial charge in [0.2, 0.25) is 0 Å². The van der Waals surface area contributed by atoms with E-state index in [0.717, 1.165) is 31.8 Å². The first-order valence-corrected chi connectivity index (χ1v) is 6.83. The molecule has 0 saturated carbocycles. The number of rotatable bonds is 4. The molecule has 0 aliphatic carbocycles. The molecular formula is C15H24Cl2N2O3. The van der Waals surface area contributed by atoms with Crippen LogP contribution < -0.4 is 5.32 Å². The maximum atomic E-state index is 10.1. The van der Waals surface area contributed by atoms with Crippen LogP contribution in [0.2, 0.25) is 0 Å². The number of hydrogen-bond donors (Lipinski definition) is 4. The maximum absolute atomic E-state index is 10.1. The summed E-state index contributed by atoms with van der Waals surface area (Å²) in [5.41, 5.74) is 1.45. The molecule has 4 N–H and O–H groups in total. The molecular weight excluding hydrogens is 327 g/mol.